The normalized spacial score (nSPS) is 10.9. The van der Waals surface area contributed by atoms with Crippen LogP contribution in [0.3, 0.4) is 0 Å². The lowest BCUT2D eigenvalue weighted by atomic mass is 10.2. The van der Waals surface area contributed by atoms with Gasteiger partial charge in [0.25, 0.3) is 0 Å². The lowest BCUT2D eigenvalue weighted by molar-refractivity contribution is 0.129. The molecular formula is C14H10ClF2NO. The second-order valence-corrected chi connectivity index (χ2v) is 4.21. The van der Waals surface area contributed by atoms with E-state index in [0.29, 0.717) is 5.02 Å². The fourth-order valence-electron chi connectivity index (χ4n) is 1.41. The number of hydrogen-bond acceptors (Lipinski definition) is 2. The second kappa shape index (κ2) is 6.29. The van der Waals surface area contributed by atoms with Crippen molar-refractivity contribution in [2.75, 3.05) is 0 Å². The summed E-state index contributed by atoms with van der Waals surface area (Å²) < 4.78 is 26.2. The minimum absolute atomic E-state index is 0.119. The van der Waals surface area contributed by atoms with Gasteiger partial charge in [-0.05, 0) is 23.8 Å². The predicted molar refractivity (Wildman–Crippen MR) is 70.2 cm³/mol. The molecule has 0 unspecified atom stereocenters. The van der Waals surface area contributed by atoms with Gasteiger partial charge < -0.3 is 4.84 Å². The minimum Gasteiger partial charge on any atom is -0.391 e. The molecule has 19 heavy (non-hydrogen) atoms. The Morgan fingerprint density at radius 2 is 1.84 bits per heavy atom. The molecule has 0 heterocycles. The van der Waals surface area contributed by atoms with E-state index in [-0.39, 0.29) is 12.2 Å². The SMILES string of the molecule is Fc1cccc(CON=Cc2ccc(Cl)cc2)c1F. The average Bonchev–Trinajstić information content (AvgIpc) is 2.41. The van der Waals surface area contributed by atoms with E-state index in [1.54, 1.807) is 24.3 Å². The van der Waals surface area contributed by atoms with Crippen molar-refractivity contribution in [3.8, 4) is 0 Å². The van der Waals surface area contributed by atoms with Crippen molar-refractivity contribution in [1.82, 2.24) is 0 Å². The van der Waals surface area contributed by atoms with Crippen molar-refractivity contribution in [2.24, 2.45) is 5.16 Å². The van der Waals surface area contributed by atoms with Gasteiger partial charge in [0.1, 0.15) is 6.61 Å². The number of halogens is 3. The Morgan fingerprint density at radius 3 is 2.58 bits per heavy atom. The number of rotatable bonds is 4. The van der Waals surface area contributed by atoms with Gasteiger partial charge in [0.05, 0.1) is 6.21 Å². The van der Waals surface area contributed by atoms with Gasteiger partial charge in [-0.15, -0.1) is 0 Å². The smallest absolute Gasteiger partial charge is 0.165 e. The Balaban J connectivity index is 1.93. The molecule has 0 saturated carbocycles. The summed E-state index contributed by atoms with van der Waals surface area (Å²) in [6.07, 6.45) is 1.47. The van der Waals surface area contributed by atoms with Crippen LogP contribution in [0.25, 0.3) is 0 Å². The fourth-order valence-corrected chi connectivity index (χ4v) is 1.54. The monoisotopic (exact) mass is 281 g/mol. The maximum absolute atomic E-state index is 13.3. The predicted octanol–water partition coefficient (Wildman–Crippen LogP) is 4.17. The first-order valence-electron chi connectivity index (χ1n) is 5.50. The van der Waals surface area contributed by atoms with Crippen LogP contribution in [0, 0.1) is 11.6 Å². The lowest BCUT2D eigenvalue weighted by Crippen LogP contribution is -1.95. The summed E-state index contributed by atoms with van der Waals surface area (Å²) >= 11 is 5.73. The lowest BCUT2D eigenvalue weighted by Gasteiger charge is -2.02. The zero-order valence-electron chi connectivity index (χ0n) is 9.82. The van der Waals surface area contributed by atoms with Crippen molar-refractivity contribution in [3.05, 3.63) is 70.2 Å². The van der Waals surface area contributed by atoms with E-state index in [0.717, 1.165) is 11.6 Å². The fraction of sp³-hybridized carbons (Fsp3) is 0.0714. The quantitative estimate of drug-likeness (QED) is 0.609. The highest BCUT2D eigenvalue weighted by molar-refractivity contribution is 6.30. The van der Waals surface area contributed by atoms with Crippen molar-refractivity contribution in [1.29, 1.82) is 0 Å². The molecule has 0 aliphatic carbocycles. The van der Waals surface area contributed by atoms with Crippen molar-refractivity contribution >= 4 is 17.8 Å². The van der Waals surface area contributed by atoms with Gasteiger partial charge in [-0.3, -0.25) is 0 Å². The van der Waals surface area contributed by atoms with Crippen molar-refractivity contribution in [3.63, 3.8) is 0 Å². The van der Waals surface area contributed by atoms with Crippen LogP contribution >= 0.6 is 11.6 Å². The Bertz CT molecular complexity index is 584. The molecule has 0 aliphatic rings. The van der Waals surface area contributed by atoms with Crippen LogP contribution in [0.4, 0.5) is 8.78 Å². The van der Waals surface area contributed by atoms with E-state index in [1.165, 1.54) is 18.3 Å². The van der Waals surface area contributed by atoms with E-state index in [9.17, 15) is 8.78 Å². The summed E-state index contributed by atoms with van der Waals surface area (Å²) in [7, 11) is 0. The van der Waals surface area contributed by atoms with Gasteiger partial charge in [0.2, 0.25) is 0 Å². The molecule has 0 atom stereocenters. The number of hydrogen-bond donors (Lipinski definition) is 0. The van der Waals surface area contributed by atoms with E-state index in [2.05, 4.69) is 5.16 Å². The first-order chi connectivity index (χ1) is 9.16. The highest BCUT2D eigenvalue weighted by atomic mass is 35.5. The Hall–Kier alpha value is -1.94. The molecule has 0 aromatic heterocycles. The summed E-state index contributed by atoms with van der Waals surface area (Å²) in [5, 5.41) is 4.31. The van der Waals surface area contributed by atoms with Gasteiger partial charge >= 0.3 is 0 Å². The molecule has 0 spiro atoms. The highest BCUT2D eigenvalue weighted by Gasteiger charge is 2.07. The summed E-state index contributed by atoms with van der Waals surface area (Å²) in [5.74, 6) is -1.81. The van der Waals surface area contributed by atoms with Gasteiger partial charge in [-0.1, -0.05) is 41.0 Å². The van der Waals surface area contributed by atoms with Crippen LogP contribution in [0.1, 0.15) is 11.1 Å². The zero-order valence-corrected chi connectivity index (χ0v) is 10.6. The number of nitrogens with zero attached hydrogens (tertiary/aromatic N) is 1. The molecule has 0 fully saturated rings. The van der Waals surface area contributed by atoms with E-state index >= 15 is 0 Å². The molecule has 2 nitrogen and oxygen atoms in total. The molecular weight excluding hydrogens is 272 g/mol. The summed E-state index contributed by atoms with van der Waals surface area (Å²) in [6.45, 7) is -0.131. The first kappa shape index (κ1) is 13.5. The van der Waals surface area contributed by atoms with Crippen LogP contribution in [-0.2, 0) is 11.4 Å². The molecule has 0 N–H and O–H groups in total. The van der Waals surface area contributed by atoms with Crippen LogP contribution < -0.4 is 0 Å². The molecule has 2 rings (SSSR count). The van der Waals surface area contributed by atoms with Gasteiger partial charge in [-0.25, -0.2) is 8.78 Å². The van der Waals surface area contributed by atoms with Gasteiger partial charge in [-0.2, -0.15) is 0 Å². The topological polar surface area (TPSA) is 21.6 Å². The Morgan fingerprint density at radius 1 is 1.11 bits per heavy atom. The maximum atomic E-state index is 13.3. The molecule has 0 bridgehead atoms. The maximum Gasteiger partial charge on any atom is 0.165 e. The third kappa shape index (κ3) is 3.76. The largest absolute Gasteiger partial charge is 0.391 e. The van der Waals surface area contributed by atoms with Gasteiger partial charge in [0.15, 0.2) is 11.6 Å². The molecule has 2 aromatic rings. The number of benzene rings is 2. The summed E-state index contributed by atoms with van der Waals surface area (Å²) in [5.41, 5.74) is 0.914. The third-order valence-electron chi connectivity index (χ3n) is 2.40. The van der Waals surface area contributed by atoms with E-state index in [1.807, 2.05) is 0 Å². The first-order valence-corrected chi connectivity index (χ1v) is 5.88. The average molecular weight is 282 g/mol. The third-order valence-corrected chi connectivity index (χ3v) is 2.65. The minimum atomic E-state index is -0.913. The Kier molecular flexibility index (Phi) is 4.47. The number of oxime groups is 1. The zero-order chi connectivity index (χ0) is 13.7. The molecule has 5 heteroatoms. The van der Waals surface area contributed by atoms with Crippen LogP contribution in [0.5, 0.6) is 0 Å². The van der Waals surface area contributed by atoms with Crippen LogP contribution in [0.2, 0.25) is 5.02 Å². The summed E-state index contributed by atoms with van der Waals surface area (Å²) in [4.78, 5) is 4.92. The van der Waals surface area contributed by atoms with E-state index < -0.39 is 11.6 Å². The molecule has 0 amide bonds. The molecule has 0 radical (unpaired) electrons. The standard InChI is InChI=1S/C14H10ClF2NO/c15-12-6-4-10(5-7-12)8-18-19-9-11-2-1-3-13(16)14(11)17/h1-8H,9H2. The Labute approximate surface area is 114 Å². The second-order valence-electron chi connectivity index (χ2n) is 3.77. The van der Waals surface area contributed by atoms with Gasteiger partial charge in [0, 0.05) is 10.6 Å². The van der Waals surface area contributed by atoms with Crippen molar-refractivity contribution in [2.45, 2.75) is 6.61 Å². The molecule has 98 valence electrons. The van der Waals surface area contributed by atoms with Crippen molar-refractivity contribution < 1.29 is 13.6 Å². The highest BCUT2D eigenvalue weighted by Crippen LogP contribution is 2.12. The molecule has 2 aromatic carbocycles. The summed E-state index contributed by atoms with van der Waals surface area (Å²) in [6, 6.07) is 10.9. The molecule has 0 saturated heterocycles. The van der Waals surface area contributed by atoms with Crippen LogP contribution in [0.15, 0.2) is 47.6 Å². The van der Waals surface area contributed by atoms with Crippen LogP contribution in [-0.4, -0.2) is 6.21 Å². The molecule has 0 aliphatic heterocycles. The van der Waals surface area contributed by atoms with E-state index in [4.69, 9.17) is 16.4 Å².